The van der Waals surface area contributed by atoms with E-state index in [0.717, 1.165) is 50.3 Å². The first-order chi connectivity index (χ1) is 18.0. The zero-order valence-electron chi connectivity index (χ0n) is 20.5. The van der Waals surface area contributed by atoms with Gasteiger partial charge in [-0.25, -0.2) is 9.37 Å². The number of fused-ring (bicyclic) bond motifs is 1. The number of halogens is 1. The van der Waals surface area contributed by atoms with E-state index in [1.165, 1.54) is 12.1 Å². The summed E-state index contributed by atoms with van der Waals surface area (Å²) in [5.74, 6) is 6.17. The molecule has 0 unspecified atom stereocenters. The number of pyridine rings is 1. The highest BCUT2D eigenvalue weighted by molar-refractivity contribution is 6.04. The Morgan fingerprint density at radius 1 is 1.14 bits per heavy atom. The van der Waals surface area contributed by atoms with Crippen molar-refractivity contribution in [2.75, 3.05) is 43.9 Å². The first kappa shape index (κ1) is 24.4. The van der Waals surface area contributed by atoms with Gasteiger partial charge in [0.2, 0.25) is 0 Å². The largest absolute Gasteiger partial charge is 0.383 e. The second-order valence-corrected chi connectivity index (χ2v) is 8.90. The number of nitrogens with zero attached hydrogens (tertiary/aromatic N) is 4. The van der Waals surface area contributed by atoms with Gasteiger partial charge in [-0.1, -0.05) is 17.9 Å². The lowest BCUT2D eigenvalue weighted by molar-refractivity contribution is 0.0360. The van der Waals surface area contributed by atoms with E-state index in [1.807, 2.05) is 23.9 Å². The number of nitrogens with two attached hydrogens (primary N) is 1. The summed E-state index contributed by atoms with van der Waals surface area (Å²) in [5, 5.41) is 8.66. The second kappa shape index (κ2) is 10.8. The highest BCUT2D eigenvalue weighted by Crippen LogP contribution is 2.23. The van der Waals surface area contributed by atoms with Gasteiger partial charge in [-0.3, -0.25) is 14.4 Å². The van der Waals surface area contributed by atoms with Crippen molar-refractivity contribution in [3.05, 3.63) is 82.9 Å². The van der Waals surface area contributed by atoms with Gasteiger partial charge in [0, 0.05) is 60.0 Å². The summed E-state index contributed by atoms with van der Waals surface area (Å²) in [6.07, 6.45) is 3.45. The maximum Gasteiger partial charge on any atom is 0.256 e. The standard InChI is InChI=1S/C28H27FN6O2/c1-19-2-3-21(28(36)32-26-8-9-35(33-26)11-10-34-12-14-37-15-13-34)16-20(19)5-7-24-25-17-23(29)6-4-22(25)18-31-27(24)30/h2-4,6,8-9,16-18H,10-15H2,1H3,(H2,30,31)(H,32,33,36). The number of amides is 1. The van der Waals surface area contributed by atoms with Gasteiger partial charge in [-0.2, -0.15) is 5.10 Å². The van der Waals surface area contributed by atoms with Crippen LogP contribution in [0.1, 0.15) is 27.0 Å². The molecule has 1 aliphatic heterocycles. The van der Waals surface area contributed by atoms with E-state index in [-0.39, 0.29) is 17.5 Å². The van der Waals surface area contributed by atoms with Crippen LogP contribution < -0.4 is 11.1 Å². The molecule has 1 aliphatic rings. The summed E-state index contributed by atoms with van der Waals surface area (Å²) < 4.78 is 21.1. The Hall–Kier alpha value is -4.26. The third-order valence-corrected chi connectivity index (χ3v) is 6.34. The molecule has 0 radical (unpaired) electrons. The van der Waals surface area contributed by atoms with E-state index in [9.17, 15) is 9.18 Å². The Kier molecular flexibility index (Phi) is 7.12. The molecule has 8 nitrogen and oxygen atoms in total. The SMILES string of the molecule is Cc1ccc(C(=O)Nc2ccn(CCN3CCOCC3)n2)cc1C#Cc1c(N)ncc2ccc(F)cc12. The fourth-order valence-corrected chi connectivity index (χ4v) is 4.17. The van der Waals surface area contributed by atoms with Crippen molar-refractivity contribution in [3.63, 3.8) is 0 Å². The smallest absolute Gasteiger partial charge is 0.256 e. The highest BCUT2D eigenvalue weighted by atomic mass is 19.1. The van der Waals surface area contributed by atoms with Crippen LogP contribution in [0, 0.1) is 24.6 Å². The quantitative estimate of drug-likeness (QED) is 0.409. The third-order valence-electron chi connectivity index (χ3n) is 6.34. The normalized spacial score (nSPS) is 13.8. The molecule has 0 aliphatic carbocycles. The third kappa shape index (κ3) is 5.77. The van der Waals surface area contributed by atoms with Crippen LogP contribution in [0.3, 0.4) is 0 Å². The molecule has 5 rings (SSSR count). The lowest BCUT2D eigenvalue weighted by atomic mass is 10.0. The number of benzene rings is 2. The molecule has 1 saturated heterocycles. The number of ether oxygens (including phenoxy) is 1. The van der Waals surface area contributed by atoms with E-state index >= 15 is 0 Å². The Balaban J connectivity index is 1.31. The van der Waals surface area contributed by atoms with Gasteiger partial charge in [-0.15, -0.1) is 0 Å². The molecular weight excluding hydrogens is 471 g/mol. The first-order valence-corrected chi connectivity index (χ1v) is 12.1. The molecule has 3 N–H and O–H groups in total. The lowest BCUT2D eigenvalue weighted by Crippen LogP contribution is -2.38. The van der Waals surface area contributed by atoms with Gasteiger partial charge in [-0.05, 0) is 42.8 Å². The minimum absolute atomic E-state index is 0.223. The van der Waals surface area contributed by atoms with Crippen LogP contribution >= 0.6 is 0 Å². The van der Waals surface area contributed by atoms with Crippen molar-refractivity contribution in [3.8, 4) is 11.8 Å². The number of carbonyl (C=O) groups excluding carboxylic acids is 1. The number of hydrogen-bond acceptors (Lipinski definition) is 6. The van der Waals surface area contributed by atoms with Crippen LogP contribution in [0.4, 0.5) is 16.0 Å². The number of carbonyl (C=O) groups is 1. The van der Waals surface area contributed by atoms with Gasteiger partial charge >= 0.3 is 0 Å². The Bertz CT molecular complexity index is 1510. The van der Waals surface area contributed by atoms with E-state index in [1.54, 1.807) is 30.5 Å². The predicted molar refractivity (Wildman–Crippen MR) is 141 cm³/mol. The van der Waals surface area contributed by atoms with E-state index < -0.39 is 0 Å². The van der Waals surface area contributed by atoms with E-state index in [0.29, 0.717) is 27.9 Å². The van der Waals surface area contributed by atoms with Crippen molar-refractivity contribution in [1.82, 2.24) is 19.7 Å². The summed E-state index contributed by atoms with van der Waals surface area (Å²) in [5.41, 5.74) is 8.52. The zero-order chi connectivity index (χ0) is 25.8. The number of hydrogen-bond donors (Lipinski definition) is 2. The number of nitrogen functional groups attached to an aromatic ring is 1. The summed E-state index contributed by atoms with van der Waals surface area (Å²) in [7, 11) is 0. The van der Waals surface area contributed by atoms with Gasteiger partial charge in [0.05, 0.1) is 25.3 Å². The Morgan fingerprint density at radius 3 is 2.81 bits per heavy atom. The average molecular weight is 499 g/mol. The van der Waals surface area contributed by atoms with Crippen LogP contribution in [-0.4, -0.2) is 58.4 Å². The van der Waals surface area contributed by atoms with E-state index in [2.05, 4.69) is 32.1 Å². The number of rotatable bonds is 5. The minimum atomic E-state index is -0.375. The van der Waals surface area contributed by atoms with Gasteiger partial charge < -0.3 is 15.8 Å². The van der Waals surface area contributed by atoms with Crippen LogP contribution in [0.2, 0.25) is 0 Å². The Labute approximate surface area is 214 Å². The maximum absolute atomic E-state index is 13.9. The lowest BCUT2D eigenvalue weighted by Gasteiger charge is -2.26. The summed E-state index contributed by atoms with van der Waals surface area (Å²) >= 11 is 0. The summed E-state index contributed by atoms with van der Waals surface area (Å²) in [6.45, 7) is 6.88. The van der Waals surface area contributed by atoms with Crippen molar-refractivity contribution >= 4 is 28.3 Å². The molecule has 1 fully saturated rings. The van der Waals surface area contributed by atoms with Crippen LogP contribution in [-0.2, 0) is 11.3 Å². The molecule has 0 spiro atoms. The Morgan fingerprint density at radius 2 is 1.97 bits per heavy atom. The number of nitrogens with one attached hydrogen (secondary N) is 1. The molecule has 2 aromatic carbocycles. The van der Waals surface area contributed by atoms with Crippen molar-refractivity contribution in [1.29, 1.82) is 0 Å². The van der Waals surface area contributed by atoms with Crippen LogP contribution in [0.5, 0.6) is 0 Å². The summed E-state index contributed by atoms with van der Waals surface area (Å²) in [6, 6.07) is 11.5. The van der Waals surface area contributed by atoms with Crippen LogP contribution in [0.15, 0.2) is 54.9 Å². The number of anilines is 2. The van der Waals surface area contributed by atoms with Gasteiger partial charge in [0.15, 0.2) is 5.82 Å². The fraction of sp³-hybridized carbons (Fsp3) is 0.250. The topological polar surface area (TPSA) is 98.3 Å². The predicted octanol–water partition coefficient (Wildman–Crippen LogP) is 3.45. The molecule has 0 bridgehead atoms. The molecule has 2 aromatic heterocycles. The molecule has 3 heterocycles. The molecule has 0 saturated carbocycles. The summed E-state index contributed by atoms with van der Waals surface area (Å²) in [4.78, 5) is 19.4. The van der Waals surface area contributed by atoms with Crippen molar-refractivity contribution in [2.24, 2.45) is 0 Å². The van der Waals surface area contributed by atoms with E-state index in [4.69, 9.17) is 10.5 Å². The monoisotopic (exact) mass is 498 g/mol. The van der Waals surface area contributed by atoms with Gasteiger partial charge in [0.1, 0.15) is 11.6 Å². The molecule has 4 aromatic rings. The molecule has 37 heavy (non-hydrogen) atoms. The number of aryl methyl sites for hydroxylation is 1. The number of aromatic nitrogens is 3. The van der Waals surface area contributed by atoms with Crippen LogP contribution in [0.25, 0.3) is 10.8 Å². The fourth-order valence-electron chi connectivity index (χ4n) is 4.17. The minimum Gasteiger partial charge on any atom is -0.383 e. The number of morpholine rings is 1. The zero-order valence-corrected chi connectivity index (χ0v) is 20.5. The van der Waals surface area contributed by atoms with Crippen molar-refractivity contribution in [2.45, 2.75) is 13.5 Å². The maximum atomic E-state index is 13.9. The molecule has 188 valence electrons. The van der Waals surface area contributed by atoms with Gasteiger partial charge in [0.25, 0.3) is 5.91 Å². The molecule has 0 atom stereocenters. The highest BCUT2D eigenvalue weighted by Gasteiger charge is 2.12. The molecule has 9 heteroatoms. The first-order valence-electron chi connectivity index (χ1n) is 12.1. The second-order valence-electron chi connectivity index (χ2n) is 8.90. The average Bonchev–Trinajstić information content (AvgIpc) is 3.35. The van der Waals surface area contributed by atoms with Crippen molar-refractivity contribution < 1.29 is 13.9 Å². The molecule has 1 amide bonds. The molecular formula is C28H27FN6O2.